The van der Waals surface area contributed by atoms with Gasteiger partial charge in [-0.3, -0.25) is 52.7 Å². The second-order valence-electron chi connectivity index (χ2n) is 3.09. The van der Waals surface area contributed by atoms with Crippen molar-refractivity contribution in [1.82, 2.24) is 0 Å². The Bertz CT molecular complexity index is 354. The van der Waals surface area contributed by atoms with Gasteiger partial charge in [0.05, 0.1) is 6.42 Å². The molecule has 0 spiro atoms. The summed E-state index contributed by atoms with van der Waals surface area (Å²) in [6.07, 6.45) is 5.30. The van der Waals surface area contributed by atoms with Gasteiger partial charge >= 0.3 is 5.97 Å². The molecule has 0 saturated carbocycles. The molecule has 0 bridgehead atoms. The third kappa shape index (κ3) is 1010000. The Morgan fingerprint density at radius 2 is 0.590 bits per heavy atom. The van der Waals surface area contributed by atoms with Gasteiger partial charge in [-0.1, -0.05) is 26.2 Å². The van der Waals surface area contributed by atoms with E-state index in [-0.39, 0.29) is 64.7 Å². The molecule has 0 saturated heterocycles. The molecule has 0 amide bonds. The molecule has 0 heterocycles. The third-order valence-electron chi connectivity index (χ3n) is 1.13. The molecule has 22 nitrogen and oxygen atoms in total. The van der Waals surface area contributed by atoms with Crippen molar-refractivity contribution in [3.05, 3.63) is 6.42 Å². The van der Waals surface area contributed by atoms with Crippen LogP contribution in [0.15, 0.2) is 0 Å². The summed E-state index contributed by atoms with van der Waals surface area (Å²) in [5.41, 5.74) is 0. The number of hydrogen-bond donors (Lipinski definition) is 11. The second-order valence-corrected chi connectivity index (χ2v) is 3.09. The van der Waals surface area contributed by atoms with Gasteiger partial charge in [0.15, 0.2) is 0 Å². The first-order valence-electron chi connectivity index (χ1n) is 8.27. The van der Waals surface area contributed by atoms with E-state index in [1.54, 1.807) is 0 Å². The minimum atomic E-state index is -0.800. The fraction of sp³-hybridized carbons (Fsp3) is 0.294. The number of aliphatic carboxylic acids is 1. The van der Waals surface area contributed by atoms with Crippen LogP contribution in [0.4, 0.5) is 0 Å². The van der Waals surface area contributed by atoms with Crippen LogP contribution in [0.5, 0.6) is 0 Å². The highest BCUT2D eigenvalue weighted by Gasteiger charge is 1.94. The molecule has 0 rings (SSSR count). The van der Waals surface area contributed by atoms with Crippen molar-refractivity contribution < 1.29 is 109 Å². The first-order chi connectivity index (χ1) is 18.4. The van der Waals surface area contributed by atoms with Crippen LogP contribution in [0.3, 0.4) is 0 Å². The van der Waals surface area contributed by atoms with Gasteiger partial charge in [0.2, 0.25) is 0 Å². The van der Waals surface area contributed by atoms with Crippen molar-refractivity contribution in [2.75, 3.05) is 0 Å². The van der Waals surface area contributed by atoms with Crippen LogP contribution in [-0.4, -0.2) is 127 Å². The summed E-state index contributed by atoms with van der Waals surface area (Å²) in [4.78, 5) is 93.5. The SMILES string of the molecule is CCCCC[CH]C(=O)O.O=CO.O=CO.O=CO.O=CO.O=CO.O=CO.O=CO.O=CO.O=CO.O=CO. The lowest BCUT2D eigenvalue weighted by Crippen LogP contribution is -1.94. The van der Waals surface area contributed by atoms with Crippen molar-refractivity contribution in [2.24, 2.45) is 0 Å². The molecular formula is C17H33O22. The van der Waals surface area contributed by atoms with Crippen molar-refractivity contribution in [2.45, 2.75) is 32.6 Å². The van der Waals surface area contributed by atoms with E-state index in [2.05, 4.69) is 6.92 Å². The molecule has 233 valence electrons. The predicted molar refractivity (Wildman–Crippen MR) is 123 cm³/mol. The number of rotatable bonds is 5. The molecule has 0 aromatic rings. The van der Waals surface area contributed by atoms with Crippen molar-refractivity contribution >= 4 is 70.7 Å². The quantitative estimate of drug-likeness (QED) is 0.133. The zero-order valence-electron chi connectivity index (χ0n) is 20.1. The highest BCUT2D eigenvalue weighted by Crippen LogP contribution is 2.00. The van der Waals surface area contributed by atoms with Crippen LogP contribution in [0.1, 0.15) is 32.6 Å². The lowest BCUT2D eigenvalue weighted by atomic mass is 10.2. The smallest absolute Gasteiger partial charge is 0.307 e. The van der Waals surface area contributed by atoms with Crippen LogP contribution < -0.4 is 0 Å². The molecule has 11 N–H and O–H groups in total. The van der Waals surface area contributed by atoms with Crippen LogP contribution in [0, 0.1) is 6.42 Å². The summed E-state index contributed by atoms with van der Waals surface area (Å²) in [6.45, 7) is -0.402. The molecule has 22 heteroatoms. The molecule has 0 fully saturated rings. The summed E-state index contributed by atoms with van der Waals surface area (Å²) in [5, 5.41) is 77.0. The van der Waals surface area contributed by atoms with Gasteiger partial charge < -0.3 is 56.2 Å². The van der Waals surface area contributed by atoms with Gasteiger partial charge in [0.25, 0.3) is 64.7 Å². The highest BCUT2D eigenvalue weighted by atomic mass is 16.4. The molecule has 0 atom stereocenters. The van der Waals surface area contributed by atoms with Gasteiger partial charge in [-0.15, -0.1) is 0 Å². The minimum absolute atomic E-state index is 0.250. The average molecular weight is 589 g/mol. The van der Waals surface area contributed by atoms with E-state index in [1.165, 1.54) is 6.42 Å². The summed E-state index contributed by atoms with van der Waals surface area (Å²) < 4.78 is 0. The normalized spacial score (nSPS) is 5.26. The maximum absolute atomic E-state index is 9.91. The van der Waals surface area contributed by atoms with Crippen LogP contribution >= 0.6 is 0 Å². The molecule has 0 aliphatic rings. The predicted octanol–water partition coefficient (Wildman–Crippen LogP) is -1.14. The van der Waals surface area contributed by atoms with E-state index in [0.717, 1.165) is 19.3 Å². The van der Waals surface area contributed by atoms with E-state index in [0.29, 0.717) is 6.42 Å². The van der Waals surface area contributed by atoms with Crippen LogP contribution in [0.25, 0.3) is 0 Å². The lowest BCUT2D eigenvalue weighted by Gasteiger charge is -1.92. The van der Waals surface area contributed by atoms with Gasteiger partial charge in [-0.05, 0) is 6.42 Å². The summed E-state index contributed by atoms with van der Waals surface area (Å²) in [5.74, 6) is -0.800. The Labute approximate surface area is 219 Å². The molecule has 1 radical (unpaired) electrons. The Morgan fingerprint density at radius 3 is 0.692 bits per heavy atom. The Balaban J connectivity index is -0.0000000256. The van der Waals surface area contributed by atoms with E-state index in [9.17, 15) is 4.79 Å². The molecular weight excluding hydrogens is 556 g/mol. The Kier molecular flexibility index (Phi) is 378. The minimum Gasteiger partial charge on any atom is -0.483 e. The third-order valence-corrected chi connectivity index (χ3v) is 1.13. The maximum atomic E-state index is 9.91. The first kappa shape index (κ1) is 69.8. The molecule has 0 unspecified atom stereocenters. The first-order valence-corrected chi connectivity index (χ1v) is 8.27. The zero-order valence-corrected chi connectivity index (χ0v) is 20.1. The Hall–Kier alpha value is -5.83. The van der Waals surface area contributed by atoms with E-state index in [1.807, 2.05) is 0 Å². The number of carbonyl (C=O) groups is 11. The number of carboxylic acids is 1. The monoisotopic (exact) mass is 589 g/mol. The molecule has 0 aromatic heterocycles. The van der Waals surface area contributed by atoms with Crippen molar-refractivity contribution in [1.29, 1.82) is 0 Å². The lowest BCUT2D eigenvalue weighted by molar-refractivity contribution is -0.133. The second kappa shape index (κ2) is 211. The van der Waals surface area contributed by atoms with Gasteiger partial charge in [0, 0.05) is 0 Å². The fourth-order valence-corrected chi connectivity index (χ4v) is 0.620. The Morgan fingerprint density at radius 1 is 0.436 bits per heavy atom. The summed E-state index contributed by atoms with van der Waals surface area (Å²) in [6, 6.07) is 0. The van der Waals surface area contributed by atoms with Crippen LogP contribution in [0.2, 0.25) is 0 Å². The van der Waals surface area contributed by atoms with Crippen LogP contribution in [-0.2, 0) is 52.7 Å². The maximum Gasteiger partial charge on any atom is 0.307 e. The number of carboxylic acid groups (broad SMARTS) is 11. The molecule has 0 aromatic carbocycles. The summed E-state index contributed by atoms with van der Waals surface area (Å²) >= 11 is 0. The van der Waals surface area contributed by atoms with Crippen molar-refractivity contribution in [3.63, 3.8) is 0 Å². The largest absolute Gasteiger partial charge is 0.483 e. The topological polar surface area (TPSA) is 410 Å². The van der Waals surface area contributed by atoms with E-state index in [4.69, 9.17) is 104 Å². The number of unbranched alkanes of at least 4 members (excludes halogenated alkanes) is 3. The average Bonchev–Trinajstić information content (AvgIpc) is 2.82. The van der Waals surface area contributed by atoms with E-state index >= 15 is 0 Å². The molecule has 0 aliphatic carbocycles. The van der Waals surface area contributed by atoms with Crippen molar-refractivity contribution in [3.8, 4) is 0 Å². The molecule has 0 aliphatic heterocycles. The highest BCUT2D eigenvalue weighted by molar-refractivity contribution is 5.76. The molecule has 39 heavy (non-hydrogen) atoms. The fourth-order valence-electron chi connectivity index (χ4n) is 0.620. The number of hydrogen-bond acceptors (Lipinski definition) is 11. The standard InChI is InChI=1S/C7H13O2.10CH2O2/c1-2-3-4-5-6-7(8)9;10*2-1-3/h6H,2-5H2,1H3,(H,8,9);10*1H,(H,2,3). The van der Waals surface area contributed by atoms with Gasteiger partial charge in [0.1, 0.15) is 0 Å². The summed E-state index contributed by atoms with van der Waals surface area (Å²) in [7, 11) is 0. The zero-order chi connectivity index (χ0) is 34.2. The van der Waals surface area contributed by atoms with E-state index < -0.39 is 5.97 Å². The van der Waals surface area contributed by atoms with Gasteiger partial charge in [-0.2, -0.15) is 0 Å². The van der Waals surface area contributed by atoms with Gasteiger partial charge in [-0.25, -0.2) is 0 Å².